The van der Waals surface area contributed by atoms with E-state index < -0.39 is 21.9 Å². The van der Waals surface area contributed by atoms with Crippen LogP contribution in [0.5, 0.6) is 0 Å². The van der Waals surface area contributed by atoms with E-state index in [2.05, 4.69) is 9.63 Å². The van der Waals surface area contributed by atoms with Gasteiger partial charge in [-0.2, -0.15) is 9.57 Å². The second kappa shape index (κ2) is 10.7. The molecule has 28 heavy (non-hydrogen) atoms. The van der Waals surface area contributed by atoms with Crippen molar-refractivity contribution in [3.05, 3.63) is 53.1 Å². The highest BCUT2D eigenvalue weighted by Crippen LogP contribution is 2.58. The number of anilines is 1. The molecule has 0 aliphatic heterocycles. The first-order valence-corrected chi connectivity index (χ1v) is 11.3. The number of phosphoric acid groups is 2. The third-order valence-corrected chi connectivity index (χ3v) is 5.48. The van der Waals surface area contributed by atoms with Gasteiger partial charge in [0.1, 0.15) is 0 Å². The molecule has 1 aromatic carbocycles. The number of phosphoric ester groups is 1. The van der Waals surface area contributed by atoms with Gasteiger partial charge < -0.3 is 20.0 Å². The molecule has 0 heterocycles. The van der Waals surface area contributed by atoms with Crippen LogP contribution in [0.2, 0.25) is 0 Å². The van der Waals surface area contributed by atoms with Crippen LogP contribution in [0.4, 0.5) is 5.69 Å². The van der Waals surface area contributed by atoms with E-state index in [0.717, 1.165) is 17.6 Å². The molecule has 0 saturated carbocycles. The topological polar surface area (TPSA) is 149 Å². The van der Waals surface area contributed by atoms with Crippen molar-refractivity contribution < 1.29 is 32.6 Å². The van der Waals surface area contributed by atoms with Gasteiger partial charge in [-0.3, -0.25) is 4.52 Å². The zero-order chi connectivity index (χ0) is 21.4. The molecule has 2 unspecified atom stereocenters. The third-order valence-electron chi connectivity index (χ3n) is 3.31. The van der Waals surface area contributed by atoms with Crippen molar-refractivity contribution in [2.45, 2.75) is 39.8 Å². The van der Waals surface area contributed by atoms with E-state index >= 15 is 0 Å². The Kier molecular flexibility index (Phi) is 9.28. The third kappa shape index (κ3) is 10.5. The summed E-state index contributed by atoms with van der Waals surface area (Å²) in [5.41, 5.74) is 2.87. The molecule has 0 amide bonds. The van der Waals surface area contributed by atoms with Crippen molar-refractivity contribution in [1.29, 1.82) is 5.26 Å². The molecule has 1 rings (SSSR count). The molecular formula is C17H24N2O7P2. The van der Waals surface area contributed by atoms with E-state index in [0.29, 0.717) is 17.7 Å². The number of nitrogens with zero attached hydrogens (tertiary/aromatic N) is 1. The largest absolute Gasteiger partial charge is 0.483 e. The molecule has 11 heteroatoms. The van der Waals surface area contributed by atoms with E-state index in [1.807, 2.05) is 26.0 Å². The number of nitrogens with one attached hydrogen (secondary N) is 1. The Labute approximate surface area is 164 Å². The standard InChI is InChI=1S/C17H24N2O7P2/c1-13(2)5-4-6-14(3)11-17(25-28(23,24)26-27(20,21)22)19-16-9-7-15(12-18)8-10-16/h5,7-11,17,19H,4,6H2,1-3H3,(H,23,24)(H2,20,21,22). The van der Waals surface area contributed by atoms with Gasteiger partial charge in [0, 0.05) is 5.69 Å². The van der Waals surface area contributed by atoms with E-state index in [4.69, 9.17) is 19.6 Å². The molecular weight excluding hydrogens is 406 g/mol. The molecule has 0 aliphatic rings. The number of benzene rings is 1. The van der Waals surface area contributed by atoms with Crippen LogP contribution < -0.4 is 5.32 Å². The molecule has 0 aliphatic carbocycles. The van der Waals surface area contributed by atoms with Gasteiger partial charge in [0.15, 0.2) is 6.23 Å². The minimum absolute atomic E-state index is 0.425. The van der Waals surface area contributed by atoms with Gasteiger partial charge >= 0.3 is 15.6 Å². The van der Waals surface area contributed by atoms with Gasteiger partial charge in [-0.25, -0.2) is 9.13 Å². The highest BCUT2D eigenvalue weighted by molar-refractivity contribution is 7.60. The summed E-state index contributed by atoms with van der Waals surface area (Å²) in [6.07, 6.45) is 3.75. The summed E-state index contributed by atoms with van der Waals surface area (Å²) in [7, 11) is -10.3. The number of allylic oxidation sites excluding steroid dienone is 3. The molecule has 0 saturated heterocycles. The van der Waals surface area contributed by atoms with Crippen LogP contribution >= 0.6 is 15.6 Å². The van der Waals surface area contributed by atoms with Crippen LogP contribution in [0.3, 0.4) is 0 Å². The fraction of sp³-hybridized carbons (Fsp3) is 0.353. The van der Waals surface area contributed by atoms with E-state index in [9.17, 15) is 14.0 Å². The molecule has 0 radical (unpaired) electrons. The van der Waals surface area contributed by atoms with Crippen LogP contribution in [-0.2, 0) is 18.0 Å². The van der Waals surface area contributed by atoms with Gasteiger partial charge in [0.25, 0.3) is 0 Å². The van der Waals surface area contributed by atoms with E-state index in [1.54, 1.807) is 19.1 Å². The van der Waals surface area contributed by atoms with Crippen molar-refractivity contribution in [3.63, 3.8) is 0 Å². The van der Waals surface area contributed by atoms with Crippen LogP contribution in [0.15, 0.2) is 47.6 Å². The summed E-state index contributed by atoms with van der Waals surface area (Å²) in [6, 6.07) is 8.17. The molecule has 1 aromatic rings. The van der Waals surface area contributed by atoms with Gasteiger partial charge in [0.05, 0.1) is 11.6 Å². The predicted octanol–water partition coefficient (Wildman–Crippen LogP) is 4.22. The lowest BCUT2D eigenvalue weighted by Gasteiger charge is -2.21. The first-order chi connectivity index (χ1) is 12.9. The Morgan fingerprint density at radius 3 is 2.32 bits per heavy atom. The maximum Gasteiger partial charge on any atom is 0.483 e. The monoisotopic (exact) mass is 430 g/mol. The molecule has 2 atom stereocenters. The van der Waals surface area contributed by atoms with Gasteiger partial charge in [-0.15, -0.1) is 0 Å². The highest BCUT2D eigenvalue weighted by Gasteiger charge is 2.34. The Hall–Kier alpha value is -1.75. The maximum absolute atomic E-state index is 11.9. The second-order valence-corrected chi connectivity index (χ2v) is 9.02. The Morgan fingerprint density at radius 1 is 1.21 bits per heavy atom. The van der Waals surface area contributed by atoms with Gasteiger partial charge in [-0.05, 0) is 64.0 Å². The zero-order valence-electron chi connectivity index (χ0n) is 15.8. The summed E-state index contributed by atoms with van der Waals surface area (Å²) < 4.78 is 31.5. The number of hydrogen-bond acceptors (Lipinski definition) is 6. The molecule has 0 bridgehead atoms. The van der Waals surface area contributed by atoms with E-state index in [-0.39, 0.29) is 0 Å². The molecule has 9 nitrogen and oxygen atoms in total. The molecule has 4 N–H and O–H groups in total. The minimum atomic E-state index is -5.23. The Morgan fingerprint density at radius 2 is 1.82 bits per heavy atom. The van der Waals surface area contributed by atoms with Crippen molar-refractivity contribution in [2.75, 3.05) is 5.32 Å². The summed E-state index contributed by atoms with van der Waals surface area (Å²) in [5, 5.41) is 11.7. The molecule has 0 spiro atoms. The van der Waals surface area contributed by atoms with Crippen LogP contribution in [-0.4, -0.2) is 20.9 Å². The van der Waals surface area contributed by atoms with Crippen molar-refractivity contribution in [1.82, 2.24) is 0 Å². The summed E-state index contributed by atoms with van der Waals surface area (Å²) in [5.74, 6) is 0. The SMILES string of the molecule is CC(C)=CCCC(C)=CC(Nc1ccc(C#N)cc1)OP(=O)(O)OP(=O)(O)O. The first kappa shape index (κ1) is 24.3. The van der Waals surface area contributed by atoms with Crippen LogP contribution in [0.25, 0.3) is 0 Å². The van der Waals surface area contributed by atoms with Crippen LogP contribution in [0, 0.1) is 11.3 Å². The molecule has 0 fully saturated rings. The fourth-order valence-corrected chi connectivity index (χ4v) is 3.76. The first-order valence-electron chi connectivity index (χ1n) is 8.25. The summed E-state index contributed by atoms with van der Waals surface area (Å²) in [4.78, 5) is 27.2. The fourth-order valence-electron chi connectivity index (χ4n) is 2.13. The highest BCUT2D eigenvalue weighted by atomic mass is 31.3. The lowest BCUT2D eigenvalue weighted by atomic mass is 10.1. The Bertz CT molecular complexity index is 849. The van der Waals surface area contributed by atoms with Gasteiger partial charge in [0.2, 0.25) is 0 Å². The van der Waals surface area contributed by atoms with Crippen molar-refractivity contribution in [2.24, 2.45) is 0 Å². The smallest absolute Gasteiger partial charge is 0.356 e. The van der Waals surface area contributed by atoms with Crippen molar-refractivity contribution >= 4 is 21.3 Å². The predicted molar refractivity (Wildman–Crippen MR) is 105 cm³/mol. The van der Waals surface area contributed by atoms with Crippen LogP contribution in [0.1, 0.15) is 39.2 Å². The minimum Gasteiger partial charge on any atom is -0.356 e. The van der Waals surface area contributed by atoms with Crippen molar-refractivity contribution in [3.8, 4) is 6.07 Å². The summed E-state index contributed by atoms with van der Waals surface area (Å²) >= 11 is 0. The average Bonchev–Trinajstić information content (AvgIpc) is 2.52. The summed E-state index contributed by atoms with van der Waals surface area (Å²) in [6.45, 7) is 5.74. The lowest BCUT2D eigenvalue weighted by molar-refractivity contribution is 0.162. The number of rotatable bonds is 10. The number of hydrogen-bond donors (Lipinski definition) is 4. The lowest BCUT2D eigenvalue weighted by Crippen LogP contribution is -2.20. The zero-order valence-corrected chi connectivity index (χ0v) is 17.6. The molecule has 0 aromatic heterocycles. The number of nitriles is 1. The Balaban J connectivity index is 3.00. The normalized spacial score (nSPS) is 15.2. The molecule has 154 valence electrons. The second-order valence-electron chi connectivity index (χ2n) is 6.23. The van der Waals surface area contributed by atoms with E-state index in [1.165, 1.54) is 18.2 Å². The average molecular weight is 430 g/mol. The van der Waals surface area contributed by atoms with Gasteiger partial charge in [-0.1, -0.05) is 17.2 Å². The quantitative estimate of drug-likeness (QED) is 0.243. The maximum atomic E-state index is 11.9.